The van der Waals surface area contributed by atoms with Crippen LogP contribution in [0, 0.1) is 6.92 Å². The minimum atomic E-state index is -0.0757. The lowest BCUT2D eigenvalue weighted by Crippen LogP contribution is -1.93. The van der Waals surface area contributed by atoms with Gasteiger partial charge in [0.2, 0.25) is 12.7 Å². The van der Waals surface area contributed by atoms with Crippen molar-refractivity contribution in [2.45, 2.75) is 6.92 Å². The second-order valence-corrected chi connectivity index (χ2v) is 3.79. The van der Waals surface area contributed by atoms with Gasteiger partial charge in [0.05, 0.1) is 0 Å². The van der Waals surface area contributed by atoms with Crippen LogP contribution in [-0.4, -0.2) is 11.9 Å². The molecular weight excluding hydrogens is 222 g/mol. The van der Waals surface area contributed by atoms with Crippen molar-refractivity contribution in [3.8, 4) is 17.4 Å². The number of furan rings is 1. The number of anilines is 2. The van der Waals surface area contributed by atoms with Crippen LogP contribution in [-0.2, 0) is 0 Å². The SMILES string of the molecule is Cc1cc(Nc2ccc3c(c2)OCO3)oc1O. The fraction of sp³-hybridized carbons (Fsp3) is 0.167. The van der Waals surface area contributed by atoms with Crippen molar-refractivity contribution in [2.75, 3.05) is 12.1 Å². The van der Waals surface area contributed by atoms with E-state index in [1.54, 1.807) is 13.0 Å². The van der Waals surface area contributed by atoms with Gasteiger partial charge in [0, 0.05) is 23.4 Å². The lowest BCUT2D eigenvalue weighted by molar-refractivity contribution is 0.174. The molecule has 1 aliphatic rings. The van der Waals surface area contributed by atoms with Crippen LogP contribution in [0.3, 0.4) is 0 Å². The highest BCUT2D eigenvalue weighted by Crippen LogP contribution is 2.36. The van der Waals surface area contributed by atoms with Gasteiger partial charge in [-0.05, 0) is 19.1 Å². The van der Waals surface area contributed by atoms with E-state index in [-0.39, 0.29) is 12.7 Å². The Morgan fingerprint density at radius 2 is 2.00 bits per heavy atom. The maximum atomic E-state index is 9.32. The van der Waals surface area contributed by atoms with Crippen LogP contribution in [0.15, 0.2) is 28.7 Å². The zero-order valence-electron chi connectivity index (χ0n) is 9.19. The van der Waals surface area contributed by atoms with Crippen molar-refractivity contribution in [1.82, 2.24) is 0 Å². The summed E-state index contributed by atoms with van der Waals surface area (Å²) in [7, 11) is 0. The summed E-state index contributed by atoms with van der Waals surface area (Å²) in [5, 5.41) is 12.4. The van der Waals surface area contributed by atoms with Crippen LogP contribution in [0.5, 0.6) is 17.4 Å². The van der Waals surface area contributed by atoms with E-state index in [1.165, 1.54) is 0 Å². The summed E-state index contributed by atoms with van der Waals surface area (Å²) in [4.78, 5) is 0. The second kappa shape index (κ2) is 3.62. The molecule has 2 heterocycles. The first-order valence-electron chi connectivity index (χ1n) is 5.18. The van der Waals surface area contributed by atoms with E-state index >= 15 is 0 Å². The Bertz CT molecular complexity index is 542. The van der Waals surface area contributed by atoms with Gasteiger partial charge in [-0.15, -0.1) is 0 Å². The maximum Gasteiger partial charge on any atom is 0.286 e. The predicted molar refractivity (Wildman–Crippen MR) is 61.0 cm³/mol. The molecule has 0 atom stereocenters. The monoisotopic (exact) mass is 233 g/mol. The molecule has 5 heteroatoms. The zero-order chi connectivity index (χ0) is 11.8. The largest absolute Gasteiger partial charge is 0.480 e. The highest BCUT2D eigenvalue weighted by atomic mass is 16.7. The molecule has 1 aromatic carbocycles. The maximum absolute atomic E-state index is 9.32. The fourth-order valence-electron chi connectivity index (χ4n) is 1.65. The minimum absolute atomic E-state index is 0.0757. The molecule has 0 saturated heterocycles. The Kier molecular flexibility index (Phi) is 2.11. The lowest BCUT2D eigenvalue weighted by atomic mass is 10.3. The van der Waals surface area contributed by atoms with Crippen molar-refractivity contribution in [3.05, 3.63) is 29.8 Å². The average molecular weight is 233 g/mol. The van der Waals surface area contributed by atoms with Crippen LogP contribution >= 0.6 is 0 Å². The number of hydrogen-bond donors (Lipinski definition) is 2. The number of benzene rings is 1. The van der Waals surface area contributed by atoms with Crippen molar-refractivity contribution < 1.29 is 19.0 Å². The number of ether oxygens (including phenoxy) is 2. The molecule has 2 aromatic rings. The van der Waals surface area contributed by atoms with Gasteiger partial charge in [0.25, 0.3) is 5.95 Å². The first-order chi connectivity index (χ1) is 8.22. The number of nitrogens with one attached hydrogen (secondary N) is 1. The van der Waals surface area contributed by atoms with Gasteiger partial charge in [-0.2, -0.15) is 0 Å². The molecule has 0 saturated carbocycles. The molecule has 0 unspecified atom stereocenters. The summed E-state index contributed by atoms with van der Waals surface area (Å²) in [5.74, 6) is 1.84. The molecule has 0 spiro atoms. The zero-order valence-corrected chi connectivity index (χ0v) is 9.19. The van der Waals surface area contributed by atoms with Gasteiger partial charge < -0.3 is 24.3 Å². The molecule has 0 bridgehead atoms. The predicted octanol–water partition coefficient (Wildman–Crippen LogP) is 2.77. The molecule has 2 N–H and O–H groups in total. The Labute approximate surface area is 97.6 Å². The third-order valence-corrected chi connectivity index (χ3v) is 2.53. The Morgan fingerprint density at radius 3 is 2.76 bits per heavy atom. The van der Waals surface area contributed by atoms with Crippen LogP contribution in [0.4, 0.5) is 11.6 Å². The topological polar surface area (TPSA) is 63.9 Å². The van der Waals surface area contributed by atoms with E-state index in [9.17, 15) is 5.11 Å². The number of hydrogen-bond acceptors (Lipinski definition) is 5. The summed E-state index contributed by atoms with van der Waals surface area (Å²) in [6.07, 6.45) is 0. The van der Waals surface area contributed by atoms with Crippen molar-refractivity contribution in [3.63, 3.8) is 0 Å². The Balaban J connectivity index is 1.85. The highest BCUT2D eigenvalue weighted by Gasteiger charge is 2.14. The minimum Gasteiger partial charge on any atom is -0.480 e. The van der Waals surface area contributed by atoms with E-state index in [0.29, 0.717) is 17.2 Å². The highest BCUT2D eigenvalue weighted by molar-refractivity contribution is 5.62. The number of aromatic hydroxyl groups is 1. The Hall–Kier alpha value is -2.30. The number of fused-ring (bicyclic) bond motifs is 1. The van der Waals surface area contributed by atoms with Crippen molar-refractivity contribution in [1.29, 1.82) is 0 Å². The second-order valence-electron chi connectivity index (χ2n) is 3.79. The van der Waals surface area contributed by atoms with E-state index < -0.39 is 0 Å². The van der Waals surface area contributed by atoms with Crippen LogP contribution in [0.1, 0.15) is 5.56 Å². The molecule has 3 rings (SSSR count). The Morgan fingerprint density at radius 1 is 1.18 bits per heavy atom. The van der Waals surface area contributed by atoms with Crippen LogP contribution < -0.4 is 14.8 Å². The first-order valence-corrected chi connectivity index (χ1v) is 5.18. The van der Waals surface area contributed by atoms with E-state index in [0.717, 1.165) is 11.4 Å². The van der Waals surface area contributed by atoms with Gasteiger partial charge in [-0.25, -0.2) is 0 Å². The molecule has 0 radical (unpaired) electrons. The lowest BCUT2D eigenvalue weighted by Gasteiger charge is -2.03. The number of rotatable bonds is 2. The van der Waals surface area contributed by atoms with E-state index in [1.807, 2.05) is 18.2 Å². The fourth-order valence-corrected chi connectivity index (χ4v) is 1.65. The summed E-state index contributed by atoms with van der Waals surface area (Å²) >= 11 is 0. The van der Waals surface area contributed by atoms with Crippen molar-refractivity contribution >= 4 is 11.6 Å². The smallest absolute Gasteiger partial charge is 0.286 e. The van der Waals surface area contributed by atoms with Crippen LogP contribution in [0.25, 0.3) is 0 Å². The normalized spacial score (nSPS) is 12.8. The van der Waals surface area contributed by atoms with Gasteiger partial charge >= 0.3 is 0 Å². The van der Waals surface area contributed by atoms with E-state index in [4.69, 9.17) is 13.9 Å². The molecule has 1 aliphatic heterocycles. The molecule has 0 amide bonds. The third kappa shape index (κ3) is 1.75. The van der Waals surface area contributed by atoms with Gasteiger partial charge in [-0.3, -0.25) is 0 Å². The van der Waals surface area contributed by atoms with Gasteiger partial charge in [0.1, 0.15) is 0 Å². The molecule has 1 aromatic heterocycles. The average Bonchev–Trinajstić information content (AvgIpc) is 2.86. The number of aryl methyl sites for hydroxylation is 1. The molecule has 17 heavy (non-hydrogen) atoms. The molecule has 0 aliphatic carbocycles. The molecule has 88 valence electrons. The quantitative estimate of drug-likeness (QED) is 0.835. The molecular formula is C12H11NO4. The van der Waals surface area contributed by atoms with Crippen LogP contribution in [0.2, 0.25) is 0 Å². The molecule has 0 fully saturated rings. The van der Waals surface area contributed by atoms with E-state index in [2.05, 4.69) is 5.32 Å². The summed E-state index contributed by atoms with van der Waals surface area (Å²) < 4.78 is 15.6. The van der Waals surface area contributed by atoms with Gasteiger partial charge in [0.15, 0.2) is 11.5 Å². The van der Waals surface area contributed by atoms with Gasteiger partial charge in [-0.1, -0.05) is 0 Å². The first kappa shape index (κ1) is 9.89. The summed E-state index contributed by atoms with van der Waals surface area (Å²) in [5.41, 5.74) is 1.50. The van der Waals surface area contributed by atoms with Crippen molar-refractivity contribution in [2.24, 2.45) is 0 Å². The molecule has 5 nitrogen and oxygen atoms in total. The summed E-state index contributed by atoms with van der Waals surface area (Å²) in [6, 6.07) is 7.21. The summed E-state index contributed by atoms with van der Waals surface area (Å²) in [6.45, 7) is 2.02. The standard InChI is InChI=1S/C12H11NO4/c1-7-4-11(17-12(7)14)13-8-2-3-9-10(5-8)16-6-15-9/h2-5,13-14H,6H2,1H3. The third-order valence-electron chi connectivity index (χ3n) is 2.53.